The molecule has 0 heterocycles. The fraction of sp³-hybridized carbons (Fsp3) is 0.467. The first-order valence-corrected chi connectivity index (χ1v) is 6.04. The van der Waals surface area contributed by atoms with E-state index in [1.807, 2.05) is 0 Å². The largest absolute Gasteiger partial charge is 0.0993 e. The third kappa shape index (κ3) is 2.71. The van der Waals surface area contributed by atoms with Crippen LogP contribution in [0.25, 0.3) is 0 Å². The summed E-state index contributed by atoms with van der Waals surface area (Å²) < 4.78 is 0. The predicted octanol–water partition coefficient (Wildman–Crippen LogP) is 4.22. The van der Waals surface area contributed by atoms with Gasteiger partial charge in [-0.15, -0.1) is 0 Å². The molecule has 0 nitrogen and oxygen atoms in total. The highest BCUT2D eigenvalue weighted by Gasteiger charge is 2.28. The normalized spacial score (nSPS) is 17.4. The maximum absolute atomic E-state index is 4.28. The highest BCUT2D eigenvalue weighted by Crippen LogP contribution is 2.40. The summed E-state index contributed by atoms with van der Waals surface area (Å²) in [4.78, 5) is 0. The van der Waals surface area contributed by atoms with E-state index in [2.05, 4.69) is 43.8 Å². The first-order valence-electron chi connectivity index (χ1n) is 6.04. The predicted molar refractivity (Wildman–Crippen MR) is 65.8 cm³/mol. The zero-order valence-electron chi connectivity index (χ0n) is 9.58. The summed E-state index contributed by atoms with van der Waals surface area (Å²) in [6, 6.07) is 10.8. The molecule has 1 fully saturated rings. The SMILES string of the molecule is C=C(C1CC1)C(CC)Cc1ccccc1. The average Bonchev–Trinajstić information content (AvgIpc) is 3.10. The van der Waals surface area contributed by atoms with Gasteiger partial charge in [-0.1, -0.05) is 49.4 Å². The molecule has 0 aliphatic heterocycles. The Labute approximate surface area is 93.0 Å². The minimum absolute atomic E-state index is 0.694. The molecule has 1 saturated carbocycles. The summed E-state index contributed by atoms with van der Waals surface area (Å²) in [6.07, 6.45) is 5.16. The van der Waals surface area contributed by atoms with E-state index < -0.39 is 0 Å². The highest BCUT2D eigenvalue weighted by atomic mass is 14.3. The summed E-state index contributed by atoms with van der Waals surface area (Å²) >= 11 is 0. The van der Waals surface area contributed by atoms with Crippen molar-refractivity contribution in [1.29, 1.82) is 0 Å². The van der Waals surface area contributed by atoms with Crippen molar-refractivity contribution in [2.45, 2.75) is 32.6 Å². The van der Waals surface area contributed by atoms with Gasteiger partial charge >= 0.3 is 0 Å². The molecular formula is C15H20. The number of rotatable bonds is 5. The summed E-state index contributed by atoms with van der Waals surface area (Å²) in [5.41, 5.74) is 2.95. The molecule has 0 bridgehead atoms. The van der Waals surface area contributed by atoms with Crippen LogP contribution in [0.1, 0.15) is 31.7 Å². The molecule has 1 aromatic rings. The zero-order valence-corrected chi connectivity index (χ0v) is 9.58. The van der Waals surface area contributed by atoms with Crippen molar-refractivity contribution in [3.8, 4) is 0 Å². The summed E-state index contributed by atoms with van der Waals surface area (Å²) in [6.45, 7) is 6.56. The Bertz CT molecular complexity index is 319. The molecule has 0 amide bonds. The zero-order chi connectivity index (χ0) is 10.7. The van der Waals surface area contributed by atoms with E-state index in [9.17, 15) is 0 Å². The van der Waals surface area contributed by atoms with Gasteiger partial charge in [0.05, 0.1) is 0 Å². The van der Waals surface area contributed by atoms with E-state index in [4.69, 9.17) is 0 Å². The van der Waals surface area contributed by atoms with Crippen molar-refractivity contribution in [2.24, 2.45) is 11.8 Å². The molecule has 2 rings (SSSR count). The van der Waals surface area contributed by atoms with E-state index in [1.54, 1.807) is 0 Å². The molecular weight excluding hydrogens is 180 g/mol. The molecule has 0 aromatic heterocycles. The van der Waals surface area contributed by atoms with Gasteiger partial charge < -0.3 is 0 Å². The van der Waals surface area contributed by atoms with E-state index in [0.717, 1.165) is 5.92 Å². The quantitative estimate of drug-likeness (QED) is 0.624. The first-order chi connectivity index (χ1) is 7.31. The lowest BCUT2D eigenvalue weighted by atomic mass is 9.88. The van der Waals surface area contributed by atoms with Gasteiger partial charge in [-0.2, -0.15) is 0 Å². The van der Waals surface area contributed by atoms with Crippen LogP contribution >= 0.6 is 0 Å². The third-order valence-electron chi connectivity index (χ3n) is 3.44. The minimum Gasteiger partial charge on any atom is -0.0993 e. The van der Waals surface area contributed by atoms with Gasteiger partial charge in [0.2, 0.25) is 0 Å². The average molecular weight is 200 g/mol. The molecule has 1 atom stereocenters. The molecule has 0 saturated heterocycles. The van der Waals surface area contributed by atoms with Crippen molar-refractivity contribution in [3.05, 3.63) is 48.0 Å². The van der Waals surface area contributed by atoms with Crippen LogP contribution < -0.4 is 0 Å². The Morgan fingerprint density at radius 2 is 2.00 bits per heavy atom. The van der Waals surface area contributed by atoms with Gasteiger partial charge in [0.25, 0.3) is 0 Å². The lowest BCUT2D eigenvalue weighted by molar-refractivity contribution is 0.561. The van der Waals surface area contributed by atoms with Crippen molar-refractivity contribution in [1.82, 2.24) is 0 Å². The van der Waals surface area contributed by atoms with E-state index in [1.165, 1.54) is 36.8 Å². The Morgan fingerprint density at radius 3 is 2.53 bits per heavy atom. The molecule has 0 N–H and O–H groups in total. The lowest BCUT2D eigenvalue weighted by Crippen LogP contribution is -2.07. The van der Waals surface area contributed by atoms with Crippen molar-refractivity contribution >= 4 is 0 Å². The van der Waals surface area contributed by atoms with Crippen LogP contribution in [0.5, 0.6) is 0 Å². The first kappa shape index (κ1) is 10.5. The molecule has 1 aliphatic rings. The van der Waals surface area contributed by atoms with Gasteiger partial charge in [0.1, 0.15) is 0 Å². The second kappa shape index (κ2) is 4.65. The van der Waals surface area contributed by atoms with Crippen LogP contribution in [0.2, 0.25) is 0 Å². The van der Waals surface area contributed by atoms with Gasteiger partial charge in [-0.3, -0.25) is 0 Å². The lowest BCUT2D eigenvalue weighted by Gasteiger charge is -2.17. The third-order valence-corrected chi connectivity index (χ3v) is 3.44. The fourth-order valence-electron chi connectivity index (χ4n) is 2.22. The van der Waals surface area contributed by atoms with Gasteiger partial charge in [-0.25, -0.2) is 0 Å². The monoisotopic (exact) mass is 200 g/mol. The molecule has 1 aromatic carbocycles. The number of benzene rings is 1. The van der Waals surface area contributed by atoms with Gasteiger partial charge in [0.15, 0.2) is 0 Å². The Kier molecular flexibility index (Phi) is 3.25. The highest BCUT2D eigenvalue weighted by molar-refractivity contribution is 5.20. The smallest absolute Gasteiger partial charge is 0.0165 e. The molecule has 0 radical (unpaired) electrons. The molecule has 1 unspecified atom stereocenters. The van der Waals surface area contributed by atoms with E-state index in [-0.39, 0.29) is 0 Å². The van der Waals surface area contributed by atoms with E-state index in [0.29, 0.717) is 5.92 Å². The number of hydrogen-bond donors (Lipinski definition) is 0. The summed E-state index contributed by atoms with van der Waals surface area (Å²) in [5.74, 6) is 1.54. The maximum Gasteiger partial charge on any atom is -0.0165 e. The minimum atomic E-state index is 0.694. The standard InChI is InChI=1S/C15H20/c1-3-14(12(2)15-9-10-15)11-13-7-5-4-6-8-13/h4-8,14-15H,2-3,9-11H2,1H3. The molecule has 1 aliphatic carbocycles. The summed E-state index contributed by atoms with van der Waals surface area (Å²) in [7, 11) is 0. The Hall–Kier alpha value is -1.04. The maximum atomic E-state index is 4.28. The molecule has 0 heteroatoms. The van der Waals surface area contributed by atoms with Gasteiger partial charge in [0, 0.05) is 0 Å². The van der Waals surface area contributed by atoms with Crippen molar-refractivity contribution < 1.29 is 0 Å². The van der Waals surface area contributed by atoms with Crippen LogP contribution in [-0.4, -0.2) is 0 Å². The van der Waals surface area contributed by atoms with E-state index >= 15 is 0 Å². The van der Waals surface area contributed by atoms with Crippen LogP contribution in [0.3, 0.4) is 0 Å². The molecule has 0 spiro atoms. The summed E-state index contributed by atoms with van der Waals surface area (Å²) in [5, 5.41) is 0. The van der Waals surface area contributed by atoms with Crippen molar-refractivity contribution in [2.75, 3.05) is 0 Å². The number of hydrogen-bond acceptors (Lipinski definition) is 0. The van der Waals surface area contributed by atoms with Gasteiger partial charge in [-0.05, 0) is 43.1 Å². The molecule has 15 heavy (non-hydrogen) atoms. The topological polar surface area (TPSA) is 0 Å². The van der Waals surface area contributed by atoms with Crippen molar-refractivity contribution in [3.63, 3.8) is 0 Å². The number of allylic oxidation sites excluding steroid dienone is 1. The van der Waals surface area contributed by atoms with Crippen LogP contribution in [-0.2, 0) is 6.42 Å². The van der Waals surface area contributed by atoms with Crippen LogP contribution in [0.15, 0.2) is 42.5 Å². The van der Waals surface area contributed by atoms with Crippen LogP contribution in [0, 0.1) is 11.8 Å². The second-order valence-corrected chi connectivity index (χ2v) is 4.64. The Balaban J connectivity index is 1.98. The second-order valence-electron chi connectivity index (χ2n) is 4.64. The molecule has 80 valence electrons. The fourth-order valence-corrected chi connectivity index (χ4v) is 2.22. The Morgan fingerprint density at radius 1 is 1.33 bits per heavy atom. The van der Waals surface area contributed by atoms with Crippen LogP contribution in [0.4, 0.5) is 0 Å².